The third-order valence-corrected chi connectivity index (χ3v) is 27.6. The Kier molecular flexibility index (Phi) is 37.8. The molecule has 0 radical (unpaired) electrons. The van der Waals surface area contributed by atoms with Gasteiger partial charge >= 0.3 is 5.97 Å². The normalized spacial score (nSPS) is 12.4. The number of hydrogen-bond donors (Lipinski definition) is 2. The Morgan fingerprint density at radius 1 is 0.560 bits per heavy atom. The lowest BCUT2D eigenvalue weighted by atomic mass is 10.0. The molecule has 0 unspecified atom stereocenters. The predicted octanol–water partition coefficient (Wildman–Crippen LogP) is 16.4. The van der Waals surface area contributed by atoms with E-state index in [0.717, 1.165) is 75.2 Å². The Morgan fingerprint density at radius 3 is 1.39 bits per heavy atom. The van der Waals surface area contributed by atoms with Crippen LogP contribution >= 0.6 is 43.2 Å². The minimum absolute atomic E-state index is 0.0430. The number of ether oxygens (including phenoxy) is 4. The Morgan fingerprint density at radius 2 is 0.960 bits per heavy atom. The van der Waals surface area contributed by atoms with Gasteiger partial charge in [-0.3, -0.25) is 9.59 Å². The van der Waals surface area contributed by atoms with Gasteiger partial charge in [0.15, 0.2) is 16.6 Å². The number of carbonyl (C=O) groups is 2. The molecule has 75 heavy (non-hydrogen) atoms. The number of rotatable bonds is 36. The number of nitrogens with zero attached hydrogens (tertiary/aromatic N) is 1. The minimum Gasteiger partial charge on any atom is -0.481 e. The first kappa shape index (κ1) is 73.8. The molecule has 2 aromatic rings. The first-order valence-electron chi connectivity index (χ1n) is 27.5. The molecule has 0 bridgehead atoms. The highest BCUT2D eigenvalue weighted by Crippen LogP contribution is 2.40. The largest absolute Gasteiger partial charge is 0.481 e. The number of carbonyl (C=O) groups excluding carboxylic acids is 1. The van der Waals surface area contributed by atoms with Crippen molar-refractivity contribution in [1.29, 1.82) is 0 Å². The zero-order valence-corrected chi connectivity index (χ0v) is 56.2. The van der Waals surface area contributed by atoms with Gasteiger partial charge in [-0.15, -0.1) is 0 Å². The van der Waals surface area contributed by atoms with Gasteiger partial charge in [0, 0.05) is 60.0 Å². The summed E-state index contributed by atoms with van der Waals surface area (Å²) < 4.78 is 35.4. The van der Waals surface area contributed by atoms with E-state index in [2.05, 4.69) is 171 Å². The lowest BCUT2D eigenvalue weighted by Gasteiger charge is -2.36. The molecule has 436 valence electrons. The standard InChI is InChI=1S/C29H53NO4S2Si.C22H41NO3Si.C7H14O2S2/c1-11-16-32-18-19-33-17-15-30(27(31)13-14-29(6,7)36-35-8)26-21-24(12-2)20-25(22-26)23-34-37(9,10)28(3,4)5;1-8-11-24-13-14-25-12-10-23-21-16-19(9-2)15-20(17-21)18-26-27(6,7)22(3,4)5;1-7(2,11-10-3)5-4-6(8)9/h20-22H,11-19,23H2,1-10H3;15-17,23H,8-14,18H2,1-7H3;4-5H2,1-3H3,(H,8,9). The molecule has 0 aromatic heterocycles. The molecule has 17 heteroatoms. The summed E-state index contributed by atoms with van der Waals surface area (Å²) in [5.41, 5.74) is 7.02. The first-order valence-corrected chi connectivity index (χ1v) is 38.4. The molecule has 2 aromatic carbocycles. The lowest BCUT2D eigenvalue weighted by molar-refractivity contribution is -0.137. The van der Waals surface area contributed by atoms with Crippen molar-refractivity contribution in [3.8, 4) is 0 Å². The molecule has 0 saturated heterocycles. The maximum absolute atomic E-state index is 13.6. The van der Waals surface area contributed by atoms with Gasteiger partial charge in [0.2, 0.25) is 5.91 Å². The molecular weight excluding hydrogens is 1050 g/mol. The number of amides is 1. The van der Waals surface area contributed by atoms with Gasteiger partial charge in [-0.05, 0) is 162 Å². The van der Waals surface area contributed by atoms with Crippen molar-refractivity contribution in [1.82, 2.24) is 0 Å². The number of hydrogen-bond acceptors (Lipinski definition) is 13. The van der Waals surface area contributed by atoms with Crippen molar-refractivity contribution in [2.45, 2.75) is 207 Å². The molecule has 11 nitrogen and oxygen atoms in total. The molecule has 0 saturated carbocycles. The summed E-state index contributed by atoms with van der Waals surface area (Å²) in [7, 11) is 3.38. The fourth-order valence-electron chi connectivity index (χ4n) is 6.54. The van der Waals surface area contributed by atoms with Gasteiger partial charge in [0.05, 0.1) is 52.9 Å². The second-order valence-corrected chi connectivity index (χ2v) is 39.0. The van der Waals surface area contributed by atoms with Crippen LogP contribution in [0.15, 0.2) is 36.4 Å². The molecule has 0 heterocycles. The van der Waals surface area contributed by atoms with Gasteiger partial charge in [-0.1, -0.05) is 125 Å². The van der Waals surface area contributed by atoms with Crippen LogP contribution in [0.2, 0.25) is 36.3 Å². The quantitative estimate of drug-likeness (QED) is 0.0382. The number of aliphatic carboxylic acids is 1. The smallest absolute Gasteiger partial charge is 0.303 e. The van der Waals surface area contributed by atoms with Crippen LogP contribution in [0.4, 0.5) is 11.4 Å². The van der Waals surface area contributed by atoms with Crippen LogP contribution < -0.4 is 10.2 Å². The van der Waals surface area contributed by atoms with Crippen LogP contribution in [0.5, 0.6) is 0 Å². The van der Waals surface area contributed by atoms with E-state index in [0.29, 0.717) is 65.8 Å². The average molecular weight is 1160 g/mol. The molecule has 2 N–H and O–H groups in total. The topological polar surface area (TPSA) is 125 Å². The molecule has 0 spiro atoms. The third kappa shape index (κ3) is 33.8. The Balaban J connectivity index is 0.00000125. The van der Waals surface area contributed by atoms with E-state index in [9.17, 15) is 9.59 Å². The van der Waals surface area contributed by atoms with Crippen LogP contribution in [-0.2, 0) is 63.4 Å². The molecule has 0 atom stereocenters. The Hall–Kier alpha value is -1.23. The Labute approximate surface area is 477 Å². The molecule has 0 aliphatic carbocycles. The summed E-state index contributed by atoms with van der Waals surface area (Å²) in [6, 6.07) is 13.2. The highest BCUT2D eigenvalue weighted by Gasteiger charge is 2.38. The highest BCUT2D eigenvalue weighted by molar-refractivity contribution is 8.77. The lowest BCUT2D eigenvalue weighted by Crippen LogP contribution is -2.40. The van der Waals surface area contributed by atoms with Crippen molar-refractivity contribution in [2.75, 3.05) is 88.7 Å². The van der Waals surface area contributed by atoms with E-state index < -0.39 is 22.6 Å². The average Bonchev–Trinajstić information content (AvgIpc) is 3.32. The van der Waals surface area contributed by atoms with Crippen molar-refractivity contribution >= 4 is 83.1 Å². The predicted molar refractivity (Wildman–Crippen MR) is 337 cm³/mol. The fourth-order valence-corrected chi connectivity index (χ4v) is 12.9. The fraction of sp³-hybridized carbons (Fsp3) is 0.759. The van der Waals surface area contributed by atoms with Crippen LogP contribution in [0, 0.1) is 0 Å². The number of anilines is 2. The zero-order valence-electron chi connectivity index (χ0n) is 50.9. The zero-order chi connectivity index (χ0) is 57.4. The number of carboxylic acids is 1. The number of carboxylic acid groups (broad SMARTS) is 1. The third-order valence-electron chi connectivity index (χ3n) is 13.3. The molecule has 0 aliphatic heterocycles. The van der Waals surface area contributed by atoms with Crippen molar-refractivity contribution in [2.24, 2.45) is 0 Å². The van der Waals surface area contributed by atoms with E-state index in [4.69, 9.17) is 32.9 Å². The van der Waals surface area contributed by atoms with E-state index in [-0.39, 0.29) is 31.9 Å². The number of aryl methyl sites for hydroxylation is 2. The summed E-state index contributed by atoms with van der Waals surface area (Å²) in [5, 5.41) is 12.3. The second-order valence-electron chi connectivity index (χ2n) is 23.2. The molecule has 0 fully saturated rings. The van der Waals surface area contributed by atoms with E-state index in [1.807, 2.05) is 21.9 Å². The number of benzene rings is 2. The van der Waals surface area contributed by atoms with Crippen LogP contribution in [0.1, 0.15) is 158 Å². The van der Waals surface area contributed by atoms with Crippen LogP contribution in [0.25, 0.3) is 0 Å². The summed E-state index contributed by atoms with van der Waals surface area (Å²) in [4.78, 5) is 25.7. The van der Waals surface area contributed by atoms with Gasteiger partial charge in [-0.25, -0.2) is 0 Å². The van der Waals surface area contributed by atoms with Crippen LogP contribution in [-0.4, -0.2) is 122 Å². The van der Waals surface area contributed by atoms with Crippen molar-refractivity contribution in [3.05, 3.63) is 58.7 Å². The summed E-state index contributed by atoms with van der Waals surface area (Å²) in [5.74, 6) is -0.565. The van der Waals surface area contributed by atoms with Gasteiger partial charge in [0.1, 0.15) is 0 Å². The summed E-state index contributed by atoms with van der Waals surface area (Å²) in [6.07, 6.45) is 10.4. The highest BCUT2D eigenvalue weighted by atomic mass is 33.1. The van der Waals surface area contributed by atoms with Crippen LogP contribution in [0.3, 0.4) is 0 Å². The van der Waals surface area contributed by atoms with E-state index in [1.54, 1.807) is 32.4 Å². The van der Waals surface area contributed by atoms with Crippen molar-refractivity contribution < 1.29 is 42.5 Å². The first-order chi connectivity index (χ1) is 34.9. The maximum atomic E-state index is 13.6. The number of nitrogens with one attached hydrogen (secondary N) is 1. The van der Waals surface area contributed by atoms with Gasteiger partial charge < -0.3 is 43.1 Å². The Bertz CT molecular complexity index is 1860. The molecular formula is C58H108N2O9S4Si2. The van der Waals surface area contributed by atoms with Gasteiger partial charge in [-0.2, -0.15) is 0 Å². The maximum Gasteiger partial charge on any atom is 0.303 e. The van der Waals surface area contributed by atoms with Gasteiger partial charge in [0.25, 0.3) is 0 Å². The monoisotopic (exact) mass is 1160 g/mol. The molecule has 0 aliphatic rings. The molecule has 1 amide bonds. The van der Waals surface area contributed by atoms with Crippen molar-refractivity contribution in [3.63, 3.8) is 0 Å². The minimum atomic E-state index is -1.88. The molecule has 2 rings (SSSR count). The second kappa shape index (κ2) is 38.4. The summed E-state index contributed by atoms with van der Waals surface area (Å²) >= 11 is 0. The van der Waals surface area contributed by atoms with E-state index >= 15 is 0 Å². The van der Waals surface area contributed by atoms with E-state index in [1.165, 1.54) is 16.7 Å². The SMILES string of the molecule is CCCOCCOCCN(C(=O)CCC(C)(C)SSC)c1cc(CC)cc(CO[Si](C)(C)C(C)(C)C)c1.CCCOCCOCCNc1cc(CC)cc(CO[Si](C)(C)C(C)(C)C)c1.CSSC(C)(C)CCC(=O)O. The summed E-state index contributed by atoms with van der Waals surface area (Å²) in [6.45, 7) is 47.7.